The largest absolute Gasteiger partial charge is 0.508 e. The highest BCUT2D eigenvalue weighted by molar-refractivity contribution is 5.54. The Morgan fingerprint density at radius 1 is 1.09 bits per heavy atom. The molecule has 118 valence electrons. The number of aryl methyl sites for hydroxylation is 2. The molecule has 1 N–H and O–H groups in total. The van der Waals surface area contributed by atoms with Gasteiger partial charge in [-0.1, -0.05) is 19.9 Å². The zero-order valence-corrected chi connectivity index (χ0v) is 13.8. The van der Waals surface area contributed by atoms with Gasteiger partial charge in [-0.25, -0.2) is 4.98 Å². The highest BCUT2D eigenvalue weighted by Crippen LogP contribution is 2.31. The zero-order chi connectivity index (χ0) is 16.6. The minimum Gasteiger partial charge on any atom is -0.508 e. The van der Waals surface area contributed by atoms with Gasteiger partial charge >= 0.3 is 0 Å². The zero-order valence-electron chi connectivity index (χ0n) is 13.8. The molecule has 0 unspecified atom stereocenters. The number of azo groups is 1. The summed E-state index contributed by atoms with van der Waals surface area (Å²) < 4.78 is 1.98. The first-order valence-corrected chi connectivity index (χ1v) is 7.65. The van der Waals surface area contributed by atoms with Crippen molar-refractivity contribution < 1.29 is 5.11 Å². The molecule has 0 atom stereocenters. The fourth-order valence-electron chi connectivity index (χ4n) is 2.50. The molecule has 2 heterocycles. The van der Waals surface area contributed by atoms with Gasteiger partial charge in [0.1, 0.15) is 11.4 Å². The Bertz CT molecular complexity index is 893. The smallest absolute Gasteiger partial charge is 0.183 e. The molecule has 0 amide bonds. The lowest BCUT2D eigenvalue weighted by atomic mass is 10.1. The van der Waals surface area contributed by atoms with Crippen LogP contribution in [0, 0.1) is 13.8 Å². The van der Waals surface area contributed by atoms with Crippen LogP contribution in [0.15, 0.2) is 46.8 Å². The number of hydrogen-bond donors (Lipinski definition) is 1. The molecule has 0 spiro atoms. The fraction of sp³-hybridized carbons (Fsp3) is 0.278. The number of nitrogens with zero attached hydrogens (tertiary/aromatic N) is 4. The highest BCUT2D eigenvalue weighted by atomic mass is 16.3. The molecule has 0 bridgehead atoms. The SMILES string of the molecule is Cc1ccc2nc(C(C)C)c(N=Nc3ccc(O)cc3C)n2c1. The Morgan fingerprint density at radius 3 is 2.57 bits per heavy atom. The summed E-state index contributed by atoms with van der Waals surface area (Å²) >= 11 is 0. The van der Waals surface area contributed by atoms with E-state index in [0.29, 0.717) is 0 Å². The summed E-state index contributed by atoms with van der Waals surface area (Å²) in [5, 5.41) is 18.3. The molecule has 2 aromatic heterocycles. The number of hydrogen-bond acceptors (Lipinski definition) is 4. The average molecular weight is 308 g/mol. The molecule has 0 radical (unpaired) electrons. The molecule has 0 aliphatic carbocycles. The summed E-state index contributed by atoms with van der Waals surface area (Å²) in [6.07, 6.45) is 2.02. The van der Waals surface area contributed by atoms with Crippen molar-refractivity contribution in [1.29, 1.82) is 0 Å². The third kappa shape index (κ3) is 2.95. The van der Waals surface area contributed by atoms with Crippen LogP contribution in [-0.4, -0.2) is 14.5 Å². The summed E-state index contributed by atoms with van der Waals surface area (Å²) in [4.78, 5) is 4.67. The normalized spacial score (nSPS) is 11.9. The van der Waals surface area contributed by atoms with Gasteiger partial charge in [-0.3, -0.25) is 4.40 Å². The predicted octanol–water partition coefficient (Wildman–Crippen LogP) is 5.20. The van der Waals surface area contributed by atoms with Gasteiger partial charge in [-0.05, 0) is 55.2 Å². The molecule has 0 aliphatic rings. The molecule has 5 heteroatoms. The van der Waals surface area contributed by atoms with Gasteiger partial charge in [0.05, 0.1) is 11.4 Å². The number of pyridine rings is 1. The molecule has 3 aromatic rings. The van der Waals surface area contributed by atoms with Gasteiger partial charge in [0.25, 0.3) is 0 Å². The third-order valence-corrected chi connectivity index (χ3v) is 3.75. The minimum atomic E-state index is 0.231. The number of rotatable bonds is 3. The van der Waals surface area contributed by atoms with E-state index in [2.05, 4.69) is 29.1 Å². The highest BCUT2D eigenvalue weighted by Gasteiger charge is 2.15. The first-order chi connectivity index (χ1) is 11.0. The Labute approximate surface area is 135 Å². The van der Waals surface area contributed by atoms with E-state index in [9.17, 15) is 5.11 Å². The van der Waals surface area contributed by atoms with Crippen LogP contribution in [-0.2, 0) is 0 Å². The second-order valence-electron chi connectivity index (χ2n) is 6.08. The lowest BCUT2D eigenvalue weighted by Crippen LogP contribution is -1.88. The van der Waals surface area contributed by atoms with Crippen LogP contribution in [0.5, 0.6) is 5.75 Å². The number of phenolic OH excluding ortho intramolecular Hbond substituents is 1. The van der Waals surface area contributed by atoms with Gasteiger partial charge in [0.15, 0.2) is 5.82 Å². The maximum absolute atomic E-state index is 9.49. The molecule has 5 nitrogen and oxygen atoms in total. The number of aromatic nitrogens is 2. The molecule has 23 heavy (non-hydrogen) atoms. The summed E-state index contributed by atoms with van der Waals surface area (Å²) in [6, 6.07) is 9.08. The van der Waals surface area contributed by atoms with E-state index < -0.39 is 0 Å². The first kappa shape index (κ1) is 15.2. The minimum absolute atomic E-state index is 0.231. The molecular formula is C18H20N4O. The maximum Gasteiger partial charge on any atom is 0.183 e. The molecule has 3 rings (SSSR count). The van der Waals surface area contributed by atoms with Crippen molar-refractivity contribution in [3.8, 4) is 5.75 Å². The molecule has 1 aromatic carbocycles. The Kier molecular flexibility index (Phi) is 3.86. The standard InChI is InChI=1S/C18H20N4O/c1-11(2)17-18(22-10-12(3)5-8-16(22)19-17)21-20-15-7-6-14(23)9-13(15)4/h5-11,23H,1-4H3. The van der Waals surface area contributed by atoms with Crippen LogP contribution < -0.4 is 0 Å². The monoisotopic (exact) mass is 308 g/mol. The van der Waals surface area contributed by atoms with Crippen molar-refractivity contribution in [2.45, 2.75) is 33.6 Å². The average Bonchev–Trinajstić information content (AvgIpc) is 2.84. The van der Waals surface area contributed by atoms with E-state index in [1.54, 1.807) is 18.2 Å². The van der Waals surface area contributed by atoms with Crippen LogP contribution >= 0.6 is 0 Å². The lowest BCUT2D eigenvalue weighted by molar-refractivity contribution is 0.475. The maximum atomic E-state index is 9.49. The van der Waals surface area contributed by atoms with Crippen molar-refractivity contribution in [3.05, 3.63) is 53.3 Å². The quantitative estimate of drug-likeness (QED) is 0.676. The van der Waals surface area contributed by atoms with E-state index >= 15 is 0 Å². The number of fused-ring (bicyclic) bond motifs is 1. The van der Waals surface area contributed by atoms with Crippen LogP contribution in [0.3, 0.4) is 0 Å². The van der Waals surface area contributed by atoms with Gasteiger partial charge in [0.2, 0.25) is 0 Å². The van der Waals surface area contributed by atoms with Gasteiger partial charge in [-0.15, -0.1) is 10.2 Å². The summed E-state index contributed by atoms with van der Waals surface area (Å²) in [5.41, 5.74) is 4.55. The van der Waals surface area contributed by atoms with E-state index in [-0.39, 0.29) is 11.7 Å². The topological polar surface area (TPSA) is 62.2 Å². The Morgan fingerprint density at radius 2 is 1.87 bits per heavy atom. The van der Waals surface area contributed by atoms with Crippen LogP contribution in [0.2, 0.25) is 0 Å². The van der Waals surface area contributed by atoms with E-state index in [1.165, 1.54) is 0 Å². The fourth-order valence-corrected chi connectivity index (χ4v) is 2.50. The second kappa shape index (κ2) is 5.83. The van der Waals surface area contributed by atoms with Crippen molar-refractivity contribution in [2.24, 2.45) is 10.2 Å². The Hall–Kier alpha value is -2.69. The number of imidazole rings is 1. The van der Waals surface area contributed by atoms with Gasteiger partial charge in [-0.2, -0.15) is 0 Å². The van der Waals surface area contributed by atoms with Crippen molar-refractivity contribution in [1.82, 2.24) is 9.38 Å². The Balaban J connectivity index is 2.12. The summed E-state index contributed by atoms with van der Waals surface area (Å²) in [5.74, 6) is 1.24. The summed E-state index contributed by atoms with van der Waals surface area (Å²) in [7, 11) is 0. The molecule has 0 saturated carbocycles. The van der Waals surface area contributed by atoms with E-state index in [0.717, 1.165) is 34.0 Å². The van der Waals surface area contributed by atoms with Crippen LogP contribution in [0.1, 0.15) is 36.6 Å². The summed E-state index contributed by atoms with van der Waals surface area (Å²) in [6.45, 7) is 8.13. The van der Waals surface area contributed by atoms with Crippen LogP contribution in [0.4, 0.5) is 11.5 Å². The predicted molar refractivity (Wildman–Crippen MR) is 91.0 cm³/mol. The van der Waals surface area contributed by atoms with Crippen molar-refractivity contribution >= 4 is 17.2 Å². The first-order valence-electron chi connectivity index (χ1n) is 7.65. The van der Waals surface area contributed by atoms with Gasteiger partial charge in [0, 0.05) is 6.20 Å². The van der Waals surface area contributed by atoms with Crippen molar-refractivity contribution in [2.75, 3.05) is 0 Å². The van der Waals surface area contributed by atoms with Crippen LogP contribution in [0.25, 0.3) is 5.65 Å². The number of aromatic hydroxyl groups is 1. The molecule has 0 aliphatic heterocycles. The number of phenols is 1. The molecule has 0 saturated heterocycles. The van der Waals surface area contributed by atoms with E-state index in [1.807, 2.05) is 36.6 Å². The molecule has 0 fully saturated rings. The third-order valence-electron chi connectivity index (χ3n) is 3.75. The van der Waals surface area contributed by atoms with Gasteiger partial charge < -0.3 is 5.11 Å². The number of benzene rings is 1. The van der Waals surface area contributed by atoms with Crippen molar-refractivity contribution in [3.63, 3.8) is 0 Å². The second-order valence-corrected chi connectivity index (χ2v) is 6.08. The lowest BCUT2D eigenvalue weighted by Gasteiger charge is -2.03. The van der Waals surface area contributed by atoms with E-state index in [4.69, 9.17) is 0 Å². The molecular weight excluding hydrogens is 288 g/mol.